The zero-order valence-electron chi connectivity index (χ0n) is 6.72. The molecule has 13 heavy (non-hydrogen) atoms. The number of fused-ring (bicyclic) bond motifs is 1. The lowest BCUT2D eigenvalue weighted by atomic mass is 10.1. The first-order valence-electron chi connectivity index (χ1n) is 3.81. The Balaban J connectivity index is 2.81. The quantitative estimate of drug-likeness (QED) is 0.661. The first-order chi connectivity index (χ1) is 6.16. The summed E-state index contributed by atoms with van der Waals surface area (Å²) in [7, 11) is 0. The van der Waals surface area contributed by atoms with Crippen LogP contribution in [0.3, 0.4) is 0 Å². The number of hydrogen-bond acceptors (Lipinski definition) is 1. The molecule has 1 nitrogen and oxygen atoms in total. The summed E-state index contributed by atoms with van der Waals surface area (Å²) in [6, 6.07) is 9.27. The minimum absolute atomic E-state index is 0.565. The highest BCUT2D eigenvalue weighted by atomic mass is 35.5. The van der Waals surface area contributed by atoms with Crippen molar-refractivity contribution >= 4 is 39.7 Å². The number of anilines is 1. The van der Waals surface area contributed by atoms with E-state index >= 15 is 0 Å². The standard InChI is InChI=1S/C10H7Cl2N/c11-8-2-1-6-5-10(13)9(12)4-7(6)3-8/h1-5H,13H2. The third-order valence-electron chi connectivity index (χ3n) is 1.92. The Kier molecular flexibility index (Phi) is 2.06. The smallest absolute Gasteiger partial charge is 0.0641 e. The largest absolute Gasteiger partial charge is 0.398 e. The summed E-state index contributed by atoms with van der Waals surface area (Å²) in [5.41, 5.74) is 6.25. The lowest BCUT2D eigenvalue weighted by Crippen LogP contribution is -1.85. The number of rotatable bonds is 0. The lowest BCUT2D eigenvalue weighted by Gasteiger charge is -2.02. The third kappa shape index (κ3) is 1.58. The number of halogens is 2. The van der Waals surface area contributed by atoms with Crippen LogP contribution in [0, 0.1) is 0 Å². The average molecular weight is 212 g/mol. The summed E-state index contributed by atoms with van der Waals surface area (Å²) in [6.07, 6.45) is 0. The highest BCUT2D eigenvalue weighted by molar-refractivity contribution is 6.34. The first-order valence-corrected chi connectivity index (χ1v) is 4.57. The molecule has 0 unspecified atom stereocenters. The minimum Gasteiger partial charge on any atom is -0.398 e. The fourth-order valence-electron chi connectivity index (χ4n) is 1.26. The molecule has 3 heteroatoms. The van der Waals surface area contributed by atoms with E-state index in [4.69, 9.17) is 28.9 Å². The van der Waals surface area contributed by atoms with Gasteiger partial charge in [-0.25, -0.2) is 0 Å². The van der Waals surface area contributed by atoms with Gasteiger partial charge in [-0.15, -0.1) is 0 Å². The van der Waals surface area contributed by atoms with Gasteiger partial charge in [-0.3, -0.25) is 0 Å². The molecular weight excluding hydrogens is 205 g/mol. The van der Waals surface area contributed by atoms with Gasteiger partial charge in [0, 0.05) is 5.02 Å². The van der Waals surface area contributed by atoms with Crippen LogP contribution >= 0.6 is 23.2 Å². The van der Waals surface area contributed by atoms with Gasteiger partial charge in [-0.05, 0) is 35.0 Å². The summed E-state index contributed by atoms with van der Waals surface area (Å²) in [5.74, 6) is 0. The van der Waals surface area contributed by atoms with Gasteiger partial charge >= 0.3 is 0 Å². The van der Waals surface area contributed by atoms with E-state index in [1.54, 1.807) is 0 Å². The number of hydrogen-bond donors (Lipinski definition) is 1. The molecule has 0 aromatic heterocycles. The van der Waals surface area contributed by atoms with Crippen LogP contribution < -0.4 is 5.73 Å². The predicted molar refractivity (Wildman–Crippen MR) is 58.4 cm³/mol. The molecular formula is C10H7Cl2N. The van der Waals surface area contributed by atoms with Crippen LogP contribution in [-0.4, -0.2) is 0 Å². The Labute approximate surface area is 86.1 Å². The molecule has 2 aromatic rings. The molecule has 0 atom stereocenters. The number of nitrogen functional groups attached to an aromatic ring is 1. The van der Waals surface area contributed by atoms with Gasteiger partial charge in [-0.1, -0.05) is 29.3 Å². The maximum Gasteiger partial charge on any atom is 0.0641 e. The van der Waals surface area contributed by atoms with Crippen LogP contribution in [0.4, 0.5) is 5.69 Å². The van der Waals surface area contributed by atoms with Crippen molar-refractivity contribution in [1.29, 1.82) is 0 Å². The Hall–Kier alpha value is -0.920. The molecule has 0 amide bonds. The third-order valence-corrected chi connectivity index (χ3v) is 2.48. The Morgan fingerprint density at radius 1 is 0.923 bits per heavy atom. The minimum atomic E-state index is 0.565. The fraction of sp³-hybridized carbons (Fsp3) is 0. The summed E-state index contributed by atoms with van der Waals surface area (Å²) in [6.45, 7) is 0. The van der Waals surface area contributed by atoms with Gasteiger partial charge in [0.2, 0.25) is 0 Å². The van der Waals surface area contributed by atoms with Crippen molar-refractivity contribution in [3.63, 3.8) is 0 Å². The molecule has 0 spiro atoms. The van der Waals surface area contributed by atoms with Crippen molar-refractivity contribution < 1.29 is 0 Å². The van der Waals surface area contributed by atoms with Gasteiger partial charge in [0.05, 0.1) is 10.7 Å². The summed E-state index contributed by atoms with van der Waals surface area (Å²) in [5, 5.41) is 3.32. The molecule has 66 valence electrons. The van der Waals surface area contributed by atoms with Crippen molar-refractivity contribution in [2.45, 2.75) is 0 Å². The average Bonchev–Trinajstić information content (AvgIpc) is 2.08. The molecule has 0 saturated heterocycles. The first kappa shape index (κ1) is 8.67. The summed E-state index contributed by atoms with van der Waals surface area (Å²) in [4.78, 5) is 0. The van der Waals surface area contributed by atoms with Crippen molar-refractivity contribution in [3.05, 3.63) is 40.4 Å². The van der Waals surface area contributed by atoms with Gasteiger partial charge in [-0.2, -0.15) is 0 Å². The molecule has 2 N–H and O–H groups in total. The maximum atomic E-state index is 5.87. The maximum absolute atomic E-state index is 5.87. The van der Waals surface area contributed by atoms with Gasteiger partial charge < -0.3 is 5.73 Å². The van der Waals surface area contributed by atoms with E-state index < -0.39 is 0 Å². The van der Waals surface area contributed by atoms with E-state index in [9.17, 15) is 0 Å². The van der Waals surface area contributed by atoms with Crippen LogP contribution in [0.5, 0.6) is 0 Å². The topological polar surface area (TPSA) is 26.0 Å². The summed E-state index contributed by atoms with van der Waals surface area (Å²) >= 11 is 11.7. The van der Waals surface area contributed by atoms with Crippen molar-refractivity contribution in [2.24, 2.45) is 0 Å². The molecule has 2 rings (SSSR count). The molecule has 0 heterocycles. The van der Waals surface area contributed by atoms with Crippen LogP contribution in [0.25, 0.3) is 10.8 Å². The van der Waals surface area contributed by atoms with Crippen LogP contribution in [0.15, 0.2) is 30.3 Å². The summed E-state index contributed by atoms with van der Waals surface area (Å²) < 4.78 is 0. The van der Waals surface area contributed by atoms with E-state index in [-0.39, 0.29) is 0 Å². The van der Waals surface area contributed by atoms with E-state index in [0.717, 1.165) is 10.8 Å². The SMILES string of the molecule is Nc1cc2ccc(Cl)cc2cc1Cl. The number of nitrogens with two attached hydrogens (primary N) is 1. The van der Waals surface area contributed by atoms with E-state index in [0.29, 0.717) is 15.7 Å². The van der Waals surface area contributed by atoms with E-state index in [1.165, 1.54) is 0 Å². The van der Waals surface area contributed by atoms with Crippen LogP contribution in [-0.2, 0) is 0 Å². The van der Waals surface area contributed by atoms with Crippen molar-refractivity contribution in [2.75, 3.05) is 5.73 Å². The second-order valence-corrected chi connectivity index (χ2v) is 3.71. The van der Waals surface area contributed by atoms with Crippen molar-refractivity contribution in [3.8, 4) is 0 Å². The Morgan fingerprint density at radius 2 is 1.69 bits per heavy atom. The second-order valence-electron chi connectivity index (χ2n) is 2.87. The van der Waals surface area contributed by atoms with Crippen molar-refractivity contribution in [1.82, 2.24) is 0 Å². The van der Waals surface area contributed by atoms with Gasteiger partial charge in [0.1, 0.15) is 0 Å². The fourth-order valence-corrected chi connectivity index (χ4v) is 1.61. The molecule has 0 fully saturated rings. The zero-order valence-corrected chi connectivity index (χ0v) is 8.23. The zero-order chi connectivity index (χ0) is 9.42. The molecule has 0 aliphatic heterocycles. The second kappa shape index (κ2) is 3.09. The van der Waals surface area contributed by atoms with Gasteiger partial charge in [0.25, 0.3) is 0 Å². The Bertz CT molecular complexity index is 466. The molecule has 0 aliphatic rings. The highest BCUT2D eigenvalue weighted by Crippen LogP contribution is 2.27. The lowest BCUT2D eigenvalue weighted by molar-refractivity contribution is 1.72. The van der Waals surface area contributed by atoms with Crippen LogP contribution in [0.1, 0.15) is 0 Å². The molecule has 2 aromatic carbocycles. The Morgan fingerprint density at radius 3 is 2.46 bits per heavy atom. The molecule has 0 saturated carbocycles. The number of benzene rings is 2. The van der Waals surface area contributed by atoms with Crippen LogP contribution in [0.2, 0.25) is 10.0 Å². The predicted octanol–water partition coefficient (Wildman–Crippen LogP) is 3.73. The monoisotopic (exact) mass is 211 g/mol. The molecule has 0 radical (unpaired) electrons. The van der Waals surface area contributed by atoms with E-state index in [1.807, 2.05) is 30.3 Å². The molecule has 0 aliphatic carbocycles. The van der Waals surface area contributed by atoms with Gasteiger partial charge in [0.15, 0.2) is 0 Å². The normalized spacial score (nSPS) is 10.6. The van der Waals surface area contributed by atoms with E-state index in [2.05, 4.69) is 0 Å². The molecule has 0 bridgehead atoms. The highest BCUT2D eigenvalue weighted by Gasteiger charge is 1.99.